The zero-order valence-electron chi connectivity index (χ0n) is 17.6. The molecular weight excluding hydrogens is 390 g/mol. The first-order valence-corrected chi connectivity index (χ1v) is 10.0. The van der Waals surface area contributed by atoms with Crippen LogP contribution in [0.1, 0.15) is 18.1 Å². The Morgan fingerprint density at radius 3 is 2.26 bits per heavy atom. The van der Waals surface area contributed by atoms with Crippen LogP contribution in [0.15, 0.2) is 77.2 Å². The van der Waals surface area contributed by atoms with Gasteiger partial charge in [-0.2, -0.15) is 0 Å². The fourth-order valence-corrected chi connectivity index (χ4v) is 3.26. The topological polar surface area (TPSA) is 77.2 Å². The largest absolute Gasteiger partial charge is 0.480 e. The van der Waals surface area contributed by atoms with Crippen molar-refractivity contribution < 1.29 is 13.9 Å². The number of benzene rings is 3. The van der Waals surface area contributed by atoms with E-state index in [-0.39, 0.29) is 5.91 Å². The molecule has 0 aliphatic carbocycles. The lowest BCUT2D eigenvalue weighted by Gasteiger charge is -2.18. The summed E-state index contributed by atoms with van der Waals surface area (Å²) in [5.74, 6) is 1.01. The Hall–Kier alpha value is -3.93. The fourth-order valence-electron chi connectivity index (χ4n) is 3.26. The highest BCUT2D eigenvalue weighted by Crippen LogP contribution is 2.31. The minimum absolute atomic E-state index is 0.234. The summed E-state index contributed by atoms with van der Waals surface area (Å²) in [6.07, 6.45) is -0.725. The van der Waals surface area contributed by atoms with Gasteiger partial charge in [0.05, 0.1) is 5.56 Å². The van der Waals surface area contributed by atoms with Crippen LogP contribution in [0.2, 0.25) is 0 Å². The molecule has 1 aromatic heterocycles. The van der Waals surface area contributed by atoms with E-state index in [1.165, 1.54) is 0 Å². The van der Waals surface area contributed by atoms with Gasteiger partial charge in [-0.05, 0) is 56.2 Å². The van der Waals surface area contributed by atoms with Gasteiger partial charge in [0.1, 0.15) is 5.75 Å². The zero-order valence-corrected chi connectivity index (χ0v) is 17.6. The van der Waals surface area contributed by atoms with Crippen molar-refractivity contribution in [3.63, 3.8) is 0 Å². The first kappa shape index (κ1) is 20.3. The second kappa shape index (κ2) is 8.83. The van der Waals surface area contributed by atoms with Gasteiger partial charge < -0.3 is 14.5 Å². The number of amides is 1. The van der Waals surface area contributed by atoms with Crippen molar-refractivity contribution in [1.82, 2.24) is 10.2 Å². The Morgan fingerprint density at radius 2 is 1.52 bits per heavy atom. The average molecular weight is 413 g/mol. The summed E-state index contributed by atoms with van der Waals surface area (Å²) in [6.45, 7) is 5.63. The standard InChI is InChI=1S/C25H23N3O3/c1-16-10-9-11-17(2)22(16)26-23(29)18(3)30-21-15-8-7-14-20(21)25-28-27-24(31-25)19-12-5-4-6-13-19/h4-15,18H,1-3H3,(H,26,29). The lowest BCUT2D eigenvalue weighted by Crippen LogP contribution is -2.30. The lowest BCUT2D eigenvalue weighted by molar-refractivity contribution is -0.122. The van der Waals surface area contributed by atoms with Crippen LogP contribution in [-0.2, 0) is 4.79 Å². The third-order valence-corrected chi connectivity index (χ3v) is 4.97. The van der Waals surface area contributed by atoms with Crippen molar-refractivity contribution in [3.8, 4) is 28.7 Å². The van der Waals surface area contributed by atoms with Gasteiger partial charge in [-0.25, -0.2) is 0 Å². The molecule has 0 aliphatic heterocycles. The van der Waals surface area contributed by atoms with Gasteiger partial charge >= 0.3 is 0 Å². The van der Waals surface area contributed by atoms with E-state index in [1.54, 1.807) is 13.0 Å². The summed E-state index contributed by atoms with van der Waals surface area (Å²) in [5, 5.41) is 11.3. The number of hydrogen-bond donors (Lipinski definition) is 1. The molecule has 1 unspecified atom stereocenters. The molecule has 0 fully saturated rings. The third-order valence-electron chi connectivity index (χ3n) is 4.97. The van der Waals surface area contributed by atoms with E-state index in [0.29, 0.717) is 23.1 Å². The van der Waals surface area contributed by atoms with Crippen molar-refractivity contribution in [1.29, 1.82) is 0 Å². The molecule has 0 aliphatic rings. The lowest BCUT2D eigenvalue weighted by atomic mass is 10.1. The summed E-state index contributed by atoms with van der Waals surface area (Å²) in [6, 6.07) is 22.7. The highest BCUT2D eigenvalue weighted by atomic mass is 16.5. The average Bonchev–Trinajstić information content (AvgIpc) is 3.27. The molecule has 31 heavy (non-hydrogen) atoms. The number of anilines is 1. The molecule has 1 atom stereocenters. The number of rotatable bonds is 6. The number of aromatic nitrogens is 2. The van der Waals surface area contributed by atoms with Crippen LogP contribution in [-0.4, -0.2) is 22.2 Å². The number of carbonyl (C=O) groups is 1. The van der Waals surface area contributed by atoms with Gasteiger partial charge in [-0.15, -0.1) is 10.2 Å². The number of ether oxygens (including phenoxy) is 1. The van der Waals surface area contributed by atoms with Crippen LogP contribution in [0.25, 0.3) is 22.9 Å². The molecule has 3 aromatic carbocycles. The molecule has 4 aromatic rings. The molecule has 1 heterocycles. The van der Waals surface area contributed by atoms with Crippen LogP contribution >= 0.6 is 0 Å². The summed E-state index contributed by atoms with van der Waals surface area (Å²) in [4.78, 5) is 12.8. The third kappa shape index (κ3) is 4.48. The number of hydrogen-bond acceptors (Lipinski definition) is 5. The molecule has 4 rings (SSSR count). The van der Waals surface area contributed by atoms with E-state index in [0.717, 1.165) is 22.4 Å². The molecule has 0 bridgehead atoms. The molecular formula is C25H23N3O3. The molecule has 156 valence electrons. The second-order valence-electron chi connectivity index (χ2n) is 7.29. The fraction of sp³-hybridized carbons (Fsp3) is 0.160. The molecule has 6 nitrogen and oxygen atoms in total. The van der Waals surface area contributed by atoms with E-state index < -0.39 is 6.10 Å². The zero-order chi connectivity index (χ0) is 21.8. The SMILES string of the molecule is Cc1cccc(C)c1NC(=O)C(C)Oc1ccccc1-c1nnc(-c2ccccc2)o1. The smallest absolute Gasteiger partial charge is 0.265 e. The van der Waals surface area contributed by atoms with Gasteiger partial charge in [0.2, 0.25) is 5.89 Å². The van der Waals surface area contributed by atoms with E-state index in [1.807, 2.05) is 80.6 Å². The van der Waals surface area contributed by atoms with Gasteiger partial charge in [0.15, 0.2) is 6.10 Å². The first-order chi connectivity index (χ1) is 15.0. The molecule has 1 amide bonds. The molecule has 1 N–H and O–H groups in total. The Bertz CT molecular complexity index is 1180. The predicted octanol–water partition coefficient (Wildman–Crippen LogP) is 5.43. The maximum Gasteiger partial charge on any atom is 0.265 e. The van der Waals surface area contributed by atoms with Crippen LogP contribution in [0.3, 0.4) is 0 Å². The number of para-hydroxylation sites is 2. The number of aryl methyl sites for hydroxylation is 2. The van der Waals surface area contributed by atoms with E-state index in [2.05, 4.69) is 15.5 Å². The summed E-state index contributed by atoms with van der Waals surface area (Å²) in [5.41, 5.74) is 4.27. The number of carbonyl (C=O) groups excluding carboxylic acids is 1. The predicted molar refractivity (Wildman–Crippen MR) is 120 cm³/mol. The molecule has 0 saturated carbocycles. The Balaban J connectivity index is 1.54. The Kier molecular flexibility index (Phi) is 5.80. The second-order valence-corrected chi connectivity index (χ2v) is 7.29. The highest BCUT2D eigenvalue weighted by molar-refractivity contribution is 5.95. The van der Waals surface area contributed by atoms with Crippen molar-refractivity contribution >= 4 is 11.6 Å². The quantitative estimate of drug-likeness (QED) is 0.456. The molecule has 0 spiro atoms. The number of nitrogens with one attached hydrogen (secondary N) is 1. The van der Waals surface area contributed by atoms with Crippen molar-refractivity contribution in [3.05, 3.63) is 83.9 Å². The van der Waals surface area contributed by atoms with Gasteiger partial charge in [0.25, 0.3) is 11.8 Å². The van der Waals surface area contributed by atoms with Gasteiger partial charge in [0, 0.05) is 11.3 Å². The molecule has 0 saturated heterocycles. The van der Waals surface area contributed by atoms with Gasteiger partial charge in [-0.1, -0.05) is 48.5 Å². The maximum absolute atomic E-state index is 12.8. The van der Waals surface area contributed by atoms with Crippen molar-refractivity contribution in [2.24, 2.45) is 0 Å². The molecule has 6 heteroatoms. The Morgan fingerprint density at radius 1 is 0.871 bits per heavy atom. The van der Waals surface area contributed by atoms with Crippen molar-refractivity contribution in [2.75, 3.05) is 5.32 Å². The van der Waals surface area contributed by atoms with Crippen LogP contribution < -0.4 is 10.1 Å². The van der Waals surface area contributed by atoms with Crippen LogP contribution in [0.5, 0.6) is 5.75 Å². The highest BCUT2D eigenvalue weighted by Gasteiger charge is 2.20. The van der Waals surface area contributed by atoms with E-state index >= 15 is 0 Å². The first-order valence-electron chi connectivity index (χ1n) is 10.0. The maximum atomic E-state index is 12.8. The summed E-state index contributed by atoms with van der Waals surface area (Å²) in [7, 11) is 0. The summed E-state index contributed by atoms with van der Waals surface area (Å²) < 4.78 is 11.9. The monoisotopic (exact) mass is 413 g/mol. The summed E-state index contributed by atoms with van der Waals surface area (Å²) >= 11 is 0. The minimum Gasteiger partial charge on any atom is -0.480 e. The van der Waals surface area contributed by atoms with Gasteiger partial charge in [-0.3, -0.25) is 4.79 Å². The van der Waals surface area contributed by atoms with Crippen molar-refractivity contribution in [2.45, 2.75) is 26.9 Å². The molecule has 0 radical (unpaired) electrons. The van der Waals surface area contributed by atoms with E-state index in [9.17, 15) is 4.79 Å². The van der Waals surface area contributed by atoms with E-state index in [4.69, 9.17) is 9.15 Å². The van der Waals surface area contributed by atoms with Crippen LogP contribution in [0, 0.1) is 13.8 Å². The normalized spacial score (nSPS) is 11.7. The number of nitrogens with zero attached hydrogens (tertiary/aromatic N) is 2. The minimum atomic E-state index is -0.725. The Labute approximate surface area is 180 Å². The van der Waals surface area contributed by atoms with Crippen LogP contribution in [0.4, 0.5) is 5.69 Å².